The zero-order chi connectivity index (χ0) is 17.7. The lowest BCUT2D eigenvalue weighted by Crippen LogP contribution is -2.15. The van der Waals surface area contributed by atoms with Gasteiger partial charge in [-0.15, -0.1) is 11.3 Å². The number of nitrogens with one attached hydrogen (secondary N) is 1. The van der Waals surface area contributed by atoms with E-state index in [1.807, 2.05) is 19.2 Å². The fourth-order valence-electron chi connectivity index (χ4n) is 1.98. The van der Waals surface area contributed by atoms with Gasteiger partial charge >= 0.3 is 6.61 Å². The number of rotatable bonds is 7. The molecule has 0 spiro atoms. The van der Waals surface area contributed by atoms with E-state index in [1.165, 1.54) is 30.6 Å². The first-order valence-electron chi connectivity index (χ1n) is 7.26. The van der Waals surface area contributed by atoms with E-state index in [-0.39, 0.29) is 23.8 Å². The Morgan fingerprint density at radius 2 is 2.08 bits per heavy atom. The van der Waals surface area contributed by atoms with E-state index in [0.717, 1.165) is 5.01 Å². The summed E-state index contributed by atoms with van der Waals surface area (Å²) in [4.78, 5) is 16.5. The molecule has 0 aliphatic heterocycles. The summed E-state index contributed by atoms with van der Waals surface area (Å²) in [6.45, 7) is 1.09. The van der Waals surface area contributed by atoms with Gasteiger partial charge in [-0.2, -0.15) is 8.78 Å². The van der Waals surface area contributed by atoms with E-state index >= 15 is 0 Å². The van der Waals surface area contributed by atoms with E-state index in [1.54, 1.807) is 6.07 Å². The molecule has 0 saturated carbocycles. The molecule has 1 N–H and O–H groups in total. The van der Waals surface area contributed by atoms with Crippen molar-refractivity contribution in [1.82, 2.24) is 4.98 Å². The molecule has 1 aromatic heterocycles. The van der Waals surface area contributed by atoms with Crippen molar-refractivity contribution in [1.29, 1.82) is 0 Å². The van der Waals surface area contributed by atoms with Crippen LogP contribution in [0.3, 0.4) is 0 Å². The minimum absolute atomic E-state index is 0.111. The molecule has 5 nitrogen and oxygen atoms in total. The number of alkyl halides is 2. The summed E-state index contributed by atoms with van der Waals surface area (Å²) < 4.78 is 34.2. The molecule has 8 heteroatoms. The maximum absolute atomic E-state index is 12.4. The van der Waals surface area contributed by atoms with Crippen LogP contribution in [0.25, 0.3) is 0 Å². The highest BCUT2D eigenvalue weighted by Gasteiger charge is 2.14. The van der Waals surface area contributed by atoms with E-state index in [9.17, 15) is 13.6 Å². The second kappa shape index (κ2) is 8.05. The summed E-state index contributed by atoms with van der Waals surface area (Å²) in [7, 11) is 1.35. The molecule has 1 amide bonds. The van der Waals surface area contributed by atoms with E-state index < -0.39 is 6.61 Å². The van der Waals surface area contributed by atoms with E-state index in [0.29, 0.717) is 17.3 Å². The predicted molar refractivity (Wildman–Crippen MR) is 88.2 cm³/mol. The van der Waals surface area contributed by atoms with E-state index in [2.05, 4.69) is 15.0 Å². The average Bonchev–Trinajstić information content (AvgIpc) is 2.95. The Morgan fingerprint density at radius 3 is 2.67 bits per heavy atom. The summed E-state index contributed by atoms with van der Waals surface area (Å²) in [5.74, 6) is 0.0432. The molecule has 0 unspecified atom stereocenters. The number of aromatic nitrogens is 1. The van der Waals surface area contributed by atoms with Crippen LogP contribution >= 0.6 is 11.3 Å². The molecule has 0 atom stereocenters. The maximum Gasteiger partial charge on any atom is 0.387 e. The van der Waals surface area contributed by atoms with Crippen LogP contribution in [0.4, 0.5) is 14.5 Å². The van der Waals surface area contributed by atoms with Crippen LogP contribution in [0.2, 0.25) is 0 Å². The molecule has 0 radical (unpaired) electrons. The number of carbonyl (C=O) groups is 1. The number of thiazole rings is 1. The molecule has 0 fully saturated rings. The molecule has 1 aromatic carbocycles. The lowest BCUT2D eigenvalue weighted by atomic mass is 10.2. The van der Waals surface area contributed by atoms with Crippen molar-refractivity contribution in [3.63, 3.8) is 0 Å². The van der Waals surface area contributed by atoms with Gasteiger partial charge in [0, 0.05) is 23.1 Å². The van der Waals surface area contributed by atoms with Crippen LogP contribution in [0.5, 0.6) is 11.5 Å². The maximum atomic E-state index is 12.4. The lowest BCUT2D eigenvalue weighted by Gasteiger charge is -2.12. The van der Waals surface area contributed by atoms with Gasteiger partial charge in [-0.1, -0.05) is 13.8 Å². The highest BCUT2D eigenvalue weighted by molar-refractivity contribution is 7.09. The summed E-state index contributed by atoms with van der Waals surface area (Å²) >= 11 is 1.51. The van der Waals surface area contributed by atoms with Gasteiger partial charge in [0.1, 0.15) is 0 Å². The minimum atomic E-state index is -2.98. The topological polar surface area (TPSA) is 60.5 Å². The van der Waals surface area contributed by atoms with Crippen LogP contribution in [0.1, 0.15) is 30.5 Å². The average molecular weight is 356 g/mol. The zero-order valence-electron chi connectivity index (χ0n) is 13.5. The van der Waals surface area contributed by atoms with Gasteiger partial charge in [-0.25, -0.2) is 4.98 Å². The fraction of sp³-hybridized carbons (Fsp3) is 0.375. The number of methoxy groups -OCH3 is 1. The Hall–Kier alpha value is -2.22. The Labute approximate surface area is 142 Å². The lowest BCUT2D eigenvalue weighted by molar-refractivity contribution is -0.115. The van der Waals surface area contributed by atoms with Crippen molar-refractivity contribution in [3.8, 4) is 11.5 Å². The first kappa shape index (κ1) is 18.1. The molecule has 0 aliphatic carbocycles. The van der Waals surface area contributed by atoms with Crippen LogP contribution in [0, 0.1) is 0 Å². The number of anilines is 1. The third kappa shape index (κ3) is 4.89. The summed E-state index contributed by atoms with van der Waals surface area (Å²) in [6.07, 6.45) is 0.111. The third-order valence-corrected chi connectivity index (χ3v) is 4.26. The smallest absolute Gasteiger partial charge is 0.387 e. The van der Waals surface area contributed by atoms with Gasteiger partial charge in [-0.05, 0) is 12.1 Å². The normalized spacial score (nSPS) is 11.0. The molecular weight excluding hydrogens is 338 g/mol. The predicted octanol–water partition coefficient (Wildman–Crippen LogP) is 4.06. The van der Waals surface area contributed by atoms with Crippen LogP contribution in [-0.2, 0) is 11.2 Å². The Bertz CT molecular complexity index is 704. The number of hydrogen-bond donors (Lipinski definition) is 1. The monoisotopic (exact) mass is 356 g/mol. The second-order valence-corrected chi connectivity index (χ2v) is 6.19. The number of nitrogens with zero attached hydrogens (tertiary/aromatic N) is 1. The third-order valence-electron chi connectivity index (χ3n) is 3.07. The highest BCUT2D eigenvalue weighted by Crippen LogP contribution is 2.31. The Morgan fingerprint density at radius 1 is 1.33 bits per heavy atom. The van der Waals surface area contributed by atoms with Crippen LogP contribution in [0.15, 0.2) is 23.6 Å². The standard InChI is InChI=1S/C16H18F2N2O3S/c1-9(2)15-20-11(8-24-15)7-14(21)19-10-4-5-12(22-3)13(6-10)23-16(17)18/h4-6,8-9,16H,7H2,1-3H3,(H,19,21). The molecule has 24 heavy (non-hydrogen) atoms. The highest BCUT2D eigenvalue weighted by atomic mass is 32.1. The minimum Gasteiger partial charge on any atom is -0.493 e. The van der Waals surface area contributed by atoms with Crippen LogP contribution in [-0.4, -0.2) is 24.6 Å². The summed E-state index contributed by atoms with van der Waals surface area (Å²) in [6, 6.07) is 4.30. The zero-order valence-corrected chi connectivity index (χ0v) is 14.3. The molecule has 0 aliphatic rings. The number of benzene rings is 1. The molecule has 2 aromatic rings. The Kier molecular flexibility index (Phi) is 6.08. The van der Waals surface area contributed by atoms with Crippen LogP contribution < -0.4 is 14.8 Å². The first-order valence-corrected chi connectivity index (χ1v) is 8.14. The summed E-state index contributed by atoms with van der Waals surface area (Å²) in [5, 5.41) is 5.45. The molecule has 130 valence electrons. The molecule has 1 heterocycles. The summed E-state index contributed by atoms with van der Waals surface area (Å²) in [5.41, 5.74) is 1.02. The molecule has 0 bridgehead atoms. The number of amides is 1. The largest absolute Gasteiger partial charge is 0.493 e. The van der Waals surface area contributed by atoms with Crippen molar-refractivity contribution >= 4 is 22.9 Å². The van der Waals surface area contributed by atoms with Gasteiger partial charge in [0.15, 0.2) is 11.5 Å². The molecule has 2 rings (SSSR count). The van der Waals surface area contributed by atoms with Crippen molar-refractivity contribution in [2.45, 2.75) is 32.8 Å². The first-order chi connectivity index (χ1) is 11.4. The van der Waals surface area contributed by atoms with Gasteiger partial charge in [0.25, 0.3) is 0 Å². The number of carbonyl (C=O) groups excluding carboxylic acids is 1. The fourth-order valence-corrected chi connectivity index (χ4v) is 2.82. The number of halogens is 2. The van der Waals surface area contributed by atoms with Gasteiger partial charge in [0.2, 0.25) is 5.91 Å². The van der Waals surface area contributed by atoms with Gasteiger partial charge in [0.05, 0.1) is 24.2 Å². The van der Waals surface area contributed by atoms with Crippen molar-refractivity contribution in [2.75, 3.05) is 12.4 Å². The van der Waals surface area contributed by atoms with Crippen molar-refractivity contribution in [2.24, 2.45) is 0 Å². The van der Waals surface area contributed by atoms with Crippen molar-refractivity contribution in [3.05, 3.63) is 34.3 Å². The Balaban J connectivity index is 2.05. The van der Waals surface area contributed by atoms with Gasteiger partial charge in [-0.3, -0.25) is 4.79 Å². The van der Waals surface area contributed by atoms with Crippen molar-refractivity contribution < 1.29 is 23.0 Å². The quantitative estimate of drug-likeness (QED) is 0.813. The SMILES string of the molecule is COc1ccc(NC(=O)Cc2csc(C(C)C)n2)cc1OC(F)F. The number of hydrogen-bond acceptors (Lipinski definition) is 5. The molecule has 0 saturated heterocycles. The molecular formula is C16H18F2N2O3S. The van der Waals surface area contributed by atoms with Gasteiger partial charge < -0.3 is 14.8 Å². The second-order valence-electron chi connectivity index (χ2n) is 5.30. The van der Waals surface area contributed by atoms with E-state index in [4.69, 9.17) is 4.74 Å². The number of ether oxygens (including phenoxy) is 2.